The number of nitrogens with two attached hydrogens (primary N) is 1. The summed E-state index contributed by atoms with van der Waals surface area (Å²) >= 11 is 0. The first-order valence-electron chi connectivity index (χ1n) is 3.57. The average Bonchev–Trinajstić information content (AvgIpc) is 2.02. The molecule has 3 N–H and O–H groups in total. The van der Waals surface area contributed by atoms with Crippen LogP contribution in [0.4, 0.5) is 0 Å². The largest absolute Gasteiger partial charge is 0.469 e. The number of ether oxygens (including phenoxy) is 1. The number of hydrogen-bond acceptors (Lipinski definition) is 4. The summed E-state index contributed by atoms with van der Waals surface area (Å²) in [5, 5.41) is 9.04. The molecule has 1 unspecified atom stereocenters. The Balaban J connectivity index is 3.67. The van der Waals surface area contributed by atoms with E-state index in [0.29, 0.717) is 6.42 Å². The Morgan fingerprint density at radius 2 is 2.27 bits per heavy atom. The summed E-state index contributed by atoms with van der Waals surface area (Å²) in [6, 6.07) is 0. The first-order chi connectivity index (χ1) is 5.11. The third-order valence-electron chi connectivity index (χ3n) is 1.50. The maximum absolute atomic E-state index is 10.8. The Bertz CT molecular complexity index is 127. The molecule has 0 spiro atoms. The Morgan fingerprint density at radius 1 is 1.73 bits per heavy atom. The van der Waals surface area contributed by atoms with E-state index in [2.05, 4.69) is 4.74 Å². The van der Waals surface area contributed by atoms with Gasteiger partial charge in [-0.2, -0.15) is 0 Å². The fourth-order valence-corrected chi connectivity index (χ4v) is 0.802. The molecule has 0 aromatic carbocycles. The lowest BCUT2D eigenvalue weighted by atomic mass is 10.0. The van der Waals surface area contributed by atoms with E-state index in [0.717, 1.165) is 0 Å². The van der Waals surface area contributed by atoms with Crippen LogP contribution in [0.5, 0.6) is 0 Å². The smallest absolute Gasteiger partial charge is 0.308 e. The molecule has 0 fully saturated rings. The van der Waals surface area contributed by atoms with Crippen molar-refractivity contribution in [3.8, 4) is 0 Å². The van der Waals surface area contributed by atoms with Gasteiger partial charge in [-0.15, -0.1) is 0 Å². The van der Waals surface area contributed by atoms with Crippen LogP contribution in [0.3, 0.4) is 0 Å². The van der Waals surface area contributed by atoms with Gasteiger partial charge in [0.05, 0.1) is 19.1 Å². The van der Waals surface area contributed by atoms with E-state index in [9.17, 15) is 4.79 Å². The number of aliphatic hydroxyl groups excluding tert-OH is 1. The maximum atomic E-state index is 10.8. The first-order valence-corrected chi connectivity index (χ1v) is 3.57. The highest BCUT2D eigenvalue weighted by Crippen LogP contribution is 2.06. The van der Waals surface area contributed by atoms with E-state index in [1.165, 1.54) is 7.11 Å². The van der Waals surface area contributed by atoms with Gasteiger partial charge in [-0.1, -0.05) is 6.92 Å². The summed E-state index contributed by atoms with van der Waals surface area (Å²) in [7, 11) is 1.33. The molecular weight excluding hydrogens is 146 g/mol. The second-order valence-corrected chi connectivity index (χ2v) is 2.55. The molecule has 2 atom stereocenters. The number of carbonyl (C=O) groups is 1. The van der Waals surface area contributed by atoms with Crippen molar-refractivity contribution >= 4 is 5.97 Å². The molecule has 4 heteroatoms. The lowest BCUT2D eigenvalue weighted by Crippen LogP contribution is -2.25. The van der Waals surface area contributed by atoms with Crippen LogP contribution in [0, 0.1) is 5.92 Å². The van der Waals surface area contributed by atoms with Crippen LogP contribution in [-0.4, -0.2) is 30.8 Å². The van der Waals surface area contributed by atoms with Crippen LogP contribution in [0.1, 0.15) is 13.3 Å². The SMILES string of the molecule is COC(=O)C(C)C[C@@H](O)CN. The standard InChI is InChI=1S/C7H15NO3/c1-5(7(10)11-2)3-6(9)4-8/h5-6,9H,3-4,8H2,1-2H3/t5?,6-/m1/s1. The Kier molecular flexibility index (Phi) is 4.81. The maximum Gasteiger partial charge on any atom is 0.308 e. The molecule has 66 valence electrons. The zero-order valence-corrected chi connectivity index (χ0v) is 6.91. The number of hydrogen-bond donors (Lipinski definition) is 2. The quantitative estimate of drug-likeness (QED) is 0.545. The highest BCUT2D eigenvalue weighted by molar-refractivity contribution is 5.71. The fraction of sp³-hybridized carbons (Fsp3) is 0.857. The van der Waals surface area contributed by atoms with Gasteiger partial charge in [0.25, 0.3) is 0 Å². The number of aliphatic hydroxyl groups is 1. The van der Waals surface area contributed by atoms with E-state index >= 15 is 0 Å². The third kappa shape index (κ3) is 3.95. The molecule has 0 saturated carbocycles. The predicted octanol–water partition coefficient (Wildman–Crippen LogP) is -0.495. The molecule has 0 saturated heterocycles. The molecule has 11 heavy (non-hydrogen) atoms. The van der Waals surface area contributed by atoms with Crippen LogP contribution in [-0.2, 0) is 9.53 Å². The van der Waals surface area contributed by atoms with E-state index in [1.54, 1.807) is 6.92 Å². The van der Waals surface area contributed by atoms with Crippen molar-refractivity contribution in [3.63, 3.8) is 0 Å². The van der Waals surface area contributed by atoms with Crippen LogP contribution in [0.15, 0.2) is 0 Å². The van der Waals surface area contributed by atoms with Crippen molar-refractivity contribution < 1.29 is 14.6 Å². The van der Waals surface area contributed by atoms with Crippen LogP contribution in [0.2, 0.25) is 0 Å². The van der Waals surface area contributed by atoms with Gasteiger partial charge in [0.15, 0.2) is 0 Å². The second kappa shape index (κ2) is 5.09. The summed E-state index contributed by atoms with van der Waals surface area (Å²) in [5.41, 5.74) is 5.16. The first kappa shape index (κ1) is 10.4. The van der Waals surface area contributed by atoms with Crippen molar-refractivity contribution in [2.24, 2.45) is 11.7 Å². The summed E-state index contributed by atoms with van der Waals surface area (Å²) < 4.78 is 4.47. The van der Waals surface area contributed by atoms with E-state index < -0.39 is 6.10 Å². The molecule has 0 aliphatic carbocycles. The van der Waals surface area contributed by atoms with Gasteiger partial charge in [0, 0.05) is 6.54 Å². The fourth-order valence-electron chi connectivity index (χ4n) is 0.802. The molecule has 0 heterocycles. The van der Waals surface area contributed by atoms with Crippen molar-refractivity contribution in [1.29, 1.82) is 0 Å². The van der Waals surface area contributed by atoms with Gasteiger partial charge in [-0.3, -0.25) is 4.79 Å². The second-order valence-electron chi connectivity index (χ2n) is 2.55. The number of rotatable bonds is 4. The lowest BCUT2D eigenvalue weighted by Gasteiger charge is -2.12. The number of carbonyl (C=O) groups excluding carboxylic acids is 1. The van der Waals surface area contributed by atoms with Gasteiger partial charge < -0.3 is 15.6 Å². The van der Waals surface area contributed by atoms with Crippen molar-refractivity contribution in [2.45, 2.75) is 19.4 Å². The Labute approximate surface area is 66.3 Å². The number of methoxy groups -OCH3 is 1. The molecule has 0 amide bonds. The Hall–Kier alpha value is -0.610. The van der Waals surface area contributed by atoms with E-state index in [1.807, 2.05) is 0 Å². The molecule has 0 rings (SSSR count). The van der Waals surface area contributed by atoms with Gasteiger partial charge in [-0.25, -0.2) is 0 Å². The minimum Gasteiger partial charge on any atom is -0.469 e. The van der Waals surface area contributed by atoms with Gasteiger partial charge >= 0.3 is 5.97 Å². The molecule has 0 radical (unpaired) electrons. The zero-order chi connectivity index (χ0) is 8.85. The average molecular weight is 161 g/mol. The lowest BCUT2D eigenvalue weighted by molar-refractivity contribution is -0.145. The van der Waals surface area contributed by atoms with Crippen LogP contribution < -0.4 is 5.73 Å². The van der Waals surface area contributed by atoms with Gasteiger partial charge in [-0.05, 0) is 6.42 Å². The van der Waals surface area contributed by atoms with Crippen LogP contribution in [0.25, 0.3) is 0 Å². The highest BCUT2D eigenvalue weighted by Gasteiger charge is 2.16. The minimum absolute atomic E-state index is 0.182. The van der Waals surface area contributed by atoms with Crippen LogP contribution >= 0.6 is 0 Å². The zero-order valence-electron chi connectivity index (χ0n) is 6.91. The monoisotopic (exact) mass is 161 g/mol. The molecule has 0 aromatic heterocycles. The molecule has 4 nitrogen and oxygen atoms in total. The molecule has 0 aliphatic heterocycles. The summed E-state index contributed by atoms with van der Waals surface area (Å²) in [6.45, 7) is 1.88. The normalized spacial score (nSPS) is 15.6. The topological polar surface area (TPSA) is 72.5 Å². The molecular formula is C7H15NO3. The number of esters is 1. The molecule has 0 aromatic rings. The van der Waals surface area contributed by atoms with E-state index in [-0.39, 0.29) is 18.4 Å². The summed E-state index contributed by atoms with van der Waals surface area (Å²) in [6.07, 6.45) is -0.243. The van der Waals surface area contributed by atoms with Crippen molar-refractivity contribution in [1.82, 2.24) is 0 Å². The van der Waals surface area contributed by atoms with E-state index in [4.69, 9.17) is 10.8 Å². The van der Waals surface area contributed by atoms with Crippen molar-refractivity contribution in [3.05, 3.63) is 0 Å². The molecule has 0 aliphatic rings. The Morgan fingerprint density at radius 3 is 2.64 bits per heavy atom. The highest BCUT2D eigenvalue weighted by atomic mass is 16.5. The summed E-state index contributed by atoms with van der Waals surface area (Å²) in [4.78, 5) is 10.8. The third-order valence-corrected chi connectivity index (χ3v) is 1.50. The van der Waals surface area contributed by atoms with Gasteiger partial charge in [0.2, 0.25) is 0 Å². The minimum atomic E-state index is -0.607. The predicted molar refractivity (Wildman–Crippen MR) is 40.9 cm³/mol. The van der Waals surface area contributed by atoms with Crippen molar-refractivity contribution in [2.75, 3.05) is 13.7 Å². The van der Waals surface area contributed by atoms with Gasteiger partial charge in [0.1, 0.15) is 0 Å². The summed E-state index contributed by atoms with van der Waals surface area (Å²) in [5.74, 6) is -0.587. The molecule has 0 bridgehead atoms.